The van der Waals surface area contributed by atoms with Gasteiger partial charge in [-0.05, 0) is 36.3 Å². The lowest BCUT2D eigenvalue weighted by Crippen LogP contribution is -2.38. The predicted octanol–water partition coefficient (Wildman–Crippen LogP) is 3.43. The monoisotopic (exact) mass is 288 g/mol. The van der Waals surface area contributed by atoms with E-state index in [2.05, 4.69) is 13.8 Å². The minimum Gasteiger partial charge on any atom is -0.459 e. The zero-order chi connectivity index (χ0) is 15.2. The van der Waals surface area contributed by atoms with Gasteiger partial charge in [-0.25, -0.2) is 4.79 Å². The second kappa shape index (κ2) is 7.41. The fraction of sp³-hybridized carbons (Fsp3) is 0.500. The first kappa shape index (κ1) is 15.8. The van der Waals surface area contributed by atoms with Crippen molar-refractivity contribution in [3.8, 4) is 0 Å². The highest BCUT2D eigenvalue weighted by Gasteiger charge is 2.33. The predicted molar refractivity (Wildman–Crippen MR) is 83.5 cm³/mol. The molecule has 1 aliphatic rings. The Morgan fingerprint density at radius 1 is 1.29 bits per heavy atom. The van der Waals surface area contributed by atoms with Gasteiger partial charge in [0.1, 0.15) is 6.10 Å². The highest BCUT2D eigenvalue weighted by atomic mass is 16.5. The van der Waals surface area contributed by atoms with E-state index >= 15 is 0 Å². The van der Waals surface area contributed by atoms with Crippen LogP contribution in [0.4, 0.5) is 0 Å². The normalized spacial score (nSPS) is 26.2. The van der Waals surface area contributed by atoms with Crippen molar-refractivity contribution in [1.82, 2.24) is 0 Å². The van der Waals surface area contributed by atoms with E-state index in [0.29, 0.717) is 18.3 Å². The highest BCUT2D eigenvalue weighted by molar-refractivity contribution is 5.87. The molecule has 1 N–H and O–H groups in total. The van der Waals surface area contributed by atoms with E-state index in [0.717, 1.165) is 18.4 Å². The number of hydrogen-bond acceptors (Lipinski definition) is 3. The number of benzene rings is 1. The lowest BCUT2D eigenvalue weighted by Gasteiger charge is -2.35. The fourth-order valence-electron chi connectivity index (χ4n) is 2.95. The molecule has 0 bridgehead atoms. The average molecular weight is 288 g/mol. The van der Waals surface area contributed by atoms with Gasteiger partial charge in [0.2, 0.25) is 0 Å². The molecule has 114 valence electrons. The van der Waals surface area contributed by atoms with E-state index in [1.54, 1.807) is 6.08 Å². The van der Waals surface area contributed by atoms with Gasteiger partial charge in [0.25, 0.3) is 0 Å². The molecule has 0 aromatic heterocycles. The molecule has 2 rings (SSSR count). The van der Waals surface area contributed by atoms with Gasteiger partial charge in [-0.15, -0.1) is 0 Å². The van der Waals surface area contributed by atoms with Crippen LogP contribution < -0.4 is 0 Å². The largest absolute Gasteiger partial charge is 0.459 e. The van der Waals surface area contributed by atoms with Gasteiger partial charge in [0, 0.05) is 12.5 Å². The van der Waals surface area contributed by atoms with Crippen molar-refractivity contribution in [3.05, 3.63) is 42.0 Å². The number of carbonyl (C=O) groups excluding carboxylic acids is 1. The molecule has 0 unspecified atom stereocenters. The SMILES string of the molecule is CC(C)[C@@H]1CC[C@@H](O)C[C@H]1OC(=O)/C=C/c1ccccc1. The minimum absolute atomic E-state index is 0.179. The van der Waals surface area contributed by atoms with Crippen LogP contribution in [0.2, 0.25) is 0 Å². The zero-order valence-electron chi connectivity index (χ0n) is 12.7. The molecule has 0 heterocycles. The Morgan fingerprint density at radius 2 is 2.00 bits per heavy atom. The van der Waals surface area contributed by atoms with Crippen molar-refractivity contribution in [2.45, 2.75) is 45.3 Å². The molecular weight excluding hydrogens is 264 g/mol. The third-order valence-electron chi connectivity index (χ3n) is 4.15. The molecule has 1 aliphatic carbocycles. The van der Waals surface area contributed by atoms with E-state index in [4.69, 9.17) is 4.74 Å². The third-order valence-corrected chi connectivity index (χ3v) is 4.15. The molecule has 0 spiro atoms. The molecule has 21 heavy (non-hydrogen) atoms. The summed E-state index contributed by atoms with van der Waals surface area (Å²) in [5.74, 6) is 0.458. The summed E-state index contributed by atoms with van der Waals surface area (Å²) in [6.07, 6.45) is 4.96. The van der Waals surface area contributed by atoms with Gasteiger partial charge in [-0.1, -0.05) is 44.2 Å². The number of aliphatic hydroxyl groups excluding tert-OH is 1. The third kappa shape index (κ3) is 4.71. The summed E-state index contributed by atoms with van der Waals surface area (Å²) < 4.78 is 5.57. The summed E-state index contributed by atoms with van der Waals surface area (Å²) in [7, 11) is 0. The summed E-state index contributed by atoms with van der Waals surface area (Å²) in [6, 6.07) is 9.66. The van der Waals surface area contributed by atoms with Crippen molar-refractivity contribution in [2.24, 2.45) is 11.8 Å². The Labute approximate surface area is 126 Å². The molecule has 0 radical (unpaired) electrons. The molecule has 0 aliphatic heterocycles. The first-order chi connectivity index (χ1) is 10.1. The van der Waals surface area contributed by atoms with Gasteiger partial charge in [0.05, 0.1) is 6.10 Å². The summed E-state index contributed by atoms with van der Waals surface area (Å²) in [5, 5.41) is 9.79. The van der Waals surface area contributed by atoms with Crippen molar-refractivity contribution >= 4 is 12.0 Å². The van der Waals surface area contributed by atoms with Crippen molar-refractivity contribution in [1.29, 1.82) is 0 Å². The number of esters is 1. The van der Waals surface area contributed by atoms with Crippen LogP contribution in [-0.4, -0.2) is 23.3 Å². The van der Waals surface area contributed by atoms with Crippen LogP contribution >= 0.6 is 0 Å². The van der Waals surface area contributed by atoms with Crippen LogP contribution in [0, 0.1) is 11.8 Å². The van der Waals surface area contributed by atoms with Gasteiger partial charge in [-0.2, -0.15) is 0 Å². The van der Waals surface area contributed by atoms with Gasteiger partial charge in [-0.3, -0.25) is 0 Å². The number of aliphatic hydroxyl groups is 1. The standard InChI is InChI=1S/C18H24O3/c1-13(2)16-10-9-15(19)12-17(16)21-18(20)11-8-14-6-4-3-5-7-14/h3-8,11,13,15-17,19H,9-10,12H2,1-2H3/b11-8+/t15-,16+,17-/m1/s1. The van der Waals surface area contributed by atoms with Gasteiger partial charge < -0.3 is 9.84 Å². The first-order valence-electron chi connectivity index (χ1n) is 7.68. The van der Waals surface area contributed by atoms with E-state index in [9.17, 15) is 9.90 Å². The first-order valence-corrected chi connectivity index (χ1v) is 7.68. The molecule has 1 aromatic carbocycles. The Bertz CT molecular complexity index is 478. The van der Waals surface area contributed by atoms with Crippen molar-refractivity contribution in [3.63, 3.8) is 0 Å². The van der Waals surface area contributed by atoms with E-state index in [-0.39, 0.29) is 18.2 Å². The Morgan fingerprint density at radius 3 is 2.67 bits per heavy atom. The number of rotatable bonds is 4. The topological polar surface area (TPSA) is 46.5 Å². The molecule has 3 heteroatoms. The molecular formula is C18H24O3. The number of ether oxygens (including phenoxy) is 1. The van der Waals surface area contributed by atoms with E-state index in [1.165, 1.54) is 6.08 Å². The second-order valence-corrected chi connectivity index (χ2v) is 6.09. The molecule has 3 nitrogen and oxygen atoms in total. The van der Waals surface area contributed by atoms with Crippen LogP contribution in [0.15, 0.2) is 36.4 Å². The van der Waals surface area contributed by atoms with Crippen LogP contribution in [0.1, 0.15) is 38.7 Å². The smallest absolute Gasteiger partial charge is 0.331 e. The van der Waals surface area contributed by atoms with E-state index in [1.807, 2.05) is 30.3 Å². The van der Waals surface area contributed by atoms with Gasteiger partial charge in [0.15, 0.2) is 0 Å². The maximum absolute atomic E-state index is 12.0. The lowest BCUT2D eigenvalue weighted by atomic mass is 9.78. The molecule has 1 saturated carbocycles. The Balaban J connectivity index is 1.95. The van der Waals surface area contributed by atoms with Crippen LogP contribution in [-0.2, 0) is 9.53 Å². The molecule has 1 aromatic rings. The van der Waals surface area contributed by atoms with Gasteiger partial charge >= 0.3 is 5.97 Å². The molecule has 1 fully saturated rings. The van der Waals surface area contributed by atoms with Crippen LogP contribution in [0.3, 0.4) is 0 Å². The zero-order valence-corrected chi connectivity index (χ0v) is 12.7. The van der Waals surface area contributed by atoms with Crippen LogP contribution in [0.25, 0.3) is 6.08 Å². The Kier molecular flexibility index (Phi) is 5.57. The van der Waals surface area contributed by atoms with E-state index < -0.39 is 0 Å². The fourth-order valence-corrected chi connectivity index (χ4v) is 2.95. The molecule has 0 saturated heterocycles. The van der Waals surface area contributed by atoms with Crippen LogP contribution in [0.5, 0.6) is 0 Å². The summed E-state index contributed by atoms with van der Waals surface area (Å²) in [5.41, 5.74) is 0.971. The summed E-state index contributed by atoms with van der Waals surface area (Å²) in [4.78, 5) is 12.0. The summed E-state index contributed by atoms with van der Waals surface area (Å²) >= 11 is 0. The maximum Gasteiger partial charge on any atom is 0.331 e. The molecule has 0 amide bonds. The lowest BCUT2D eigenvalue weighted by molar-refractivity contribution is -0.151. The van der Waals surface area contributed by atoms with Crippen molar-refractivity contribution < 1.29 is 14.6 Å². The average Bonchev–Trinajstić information content (AvgIpc) is 2.46. The number of hydrogen-bond donors (Lipinski definition) is 1. The maximum atomic E-state index is 12.0. The van der Waals surface area contributed by atoms with Crippen molar-refractivity contribution in [2.75, 3.05) is 0 Å². The quantitative estimate of drug-likeness (QED) is 0.682. The summed E-state index contributed by atoms with van der Waals surface area (Å²) in [6.45, 7) is 4.28. The second-order valence-electron chi connectivity index (χ2n) is 6.09. The molecule has 3 atom stereocenters. The number of carbonyl (C=O) groups is 1. The minimum atomic E-state index is -0.351. The highest BCUT2D eigenvalue weighted by Crippen LogP contribution is 2.32. The Hall–Kier alpha value is -1.61.